The quantitative estimate of drug-likeness (QED) is 0.830. The molecule has 0 bridgehead atoms. The Labute approximate surface area is 107 Å². The van der Waals surface area contributed by atoms with E-state index in [0.717, 1.165) is 31.4 Å². The van der Waals surface area contributed by atoms with Gasteiger partial charge in [0.25, 0.3) is 0 Å². The lowest BCUT2D eigenvalue weighted by molar-refractivity contribution is -0.123. The molecule has 1 amide bonds. The number of carbonyl (C=O) groups excluding carboxylic acids is 1. The van der Waals surface area contributed by atoms with Crippen molar-refractivity contribution < 1.29 is 9.53 Å². The molecule has 18 heavy (non-hydrogen) atoms. The van der Waals surface area contributed by atoms with Gasteiger partial charge in [-0.3, -0.25) is 4.79 Å². The third-order valence-corrected chi connectivity index (χ3v) is 3.10. The molecule has 1 fully saturated rings. The van der Waals surface area contributed by atoms with Crippen LogP contribution in [0, 0.1) is 0 Å². The summed E-state index contributed by atoms with van der Waals surface area (Å²) in [6, 6.07) is 3.66. The number of nitrogens with one attached hydrogen (secondary N) is 2. The summed E-state index contributed by atoms with van der Waals surface area (Å²) >= 11 is 0. The molecule has 5 heteroatoms. The van der Waals surface area contributed by atoms with Crippen molar-refractivity contribution in [1.82, 2.24) is 15.6 Å². The molecule has 1 aromatic heterocycles. The molecule has 0 unspecified atom stereocenters. The lowest BCUT2D eigenvalue weighted by atomic mass is 10.0. The molecule has 2 heterocycles. The predicted molar refractivity (Wildman–Crippen MR) is 68.3 cm³/mol. The van der Waals surface area contributed by atoms with Crippen molar-refractivity contribution in [3.63, 3.8) is 0 Å². The summed E-state index contributed by atoms with van der Waals surface area (Å²) < 4.78 is 4.98. The second kappa shape index (κ2) is 6.35. The van der Waals surface area contributed by atoms with E-state index in [1.54, 1.807) is 19.4 Å². The van der Waals surface area contributed by atoms with E-state index in [1.807, 2.05) is 6.07 Å². The van der Waals surface area contributed by atoms with Crippen LogP contribution in [0.15, 0.2) is 18.3 Å². The van der Waals surface area contributed by atoms with Crippen LogP contribution in [-0.2, 0) is 11.3 Å². The van der Waals surface area contributed by atoms with Gasteiger partial charge in [0.1, 0.15) is 0 Å². The van der Waals surface area contributed by atoms with Crippen LogP contribution >= 0.6 is 0 Å². The largest absolute Gasteiger partial charge is 0.481 e. The van der Waals surface area contributed by atoms with E-state index >= 15 is 0 Å². The van der Waals surface area contributed by atoms with E-state index in [4.69, 9.17) is 4.74 Å². The van der Waals surface area contributed by atoms with Crippen LogP contribution in [-0.4, -0.2) is 30.6 Å². The zero-order valence-corrected chi connectivity index (χ0v) is 10.6. The SMILES string of the molecule is COc1ccc(CNC(=O)[C@H]2CCCCN2)cn1. The number of methoxy groups -OCH3 is 1. The second-order valence-corrected chi connectivity index (χ2v) is 4.43. The number of piperidine rings is 1. The van der Waals surface area contributed by atoms with E-state index in [0.29, 0.717) is 12.4 Å². The van der Waals surface area contributed by atoms with Gasteiger partial charge in [-0.05, 0) is 24.9 Å². The van der Waals surface area contributed by atoms with Crippen LogP contribution < -0.4 is 15.4 Å². The molecule has 1 saturated heterocycles. The normalized spacial score (nSPS) is 19.3. The maximum absolute atomic E-state index is 11.9. The standard InChI is InChI=1S/C13H19N3O2/c1-18-12-6-5-10(8-15-12)9-16-13(17)11-4-2-3-7-14-11/h5-6,8,11,14H,2-4,7,9H2,1H3,(H,16,17)/t11-/m1/s1. The Morgan fingerprint density at radius 1 is 1.56 bits per heavy atom. The highest BCUT2D eigenvalue weighted by molar-refractivity contribution is 5.81. The summed E-state index contributed by atoms with van der Waals surface area (Å²) in [5.74, 6) is 0.657. The Bertz CT molecular complexity index is 386. The number of rotatable bonds is 4. The maximum Gasteiger partial charge on any atom is 0.237 e. The molecule has 0 spiro atoms. The number of amides is 1. The fourth-order valence-electron chi connectivity index (χ4n) is 2.02. The number of pyridine rings is 1. The average Bonchev–Trinajstić information content (AvgIpc) is 2.46. The van der Waals surface area contributed by atoms with Crippen LogP contribution in [0.1, 0.15) is 24.8 Å². The van der Waals surface area contributed by atoms with Crippen LogP contribution in [0.5, 0.6) is 5.88 Å². The summed E-state index contributed by atoms with van der Waals surface area (Å²) in [5, 5.41) is 6.15. The van der Waals surface area contributed by atoms with Crippen LogP contribution in [0.2, 0.25) is 0 Å². The van der Waals surface area contributed by atoms with Gasteiger partial charge in [-0.15, -0.1) is 0 Å². The van der Waals surface area contributed by atoms with Crippen molar-refractivity contribution in [1.29, 1.82) is 0 Å². The Hall–Kier alpha value is -1.62. The molecule has 0 aromatic carbocycles. The van der Waals surface area contributed by atoms with Gasteiger partial charge >= 0.3 is 0 Å². The fraction of sp³-hybridized carbons (Fsp3) is 0.538. The topological polar surface area (TPSA) is 63.2 Å². The van der Waals surface area contributed by atoms with E-state index in [9.17, 15) is 4.79 Å². The Morgan fingerprint density at radius 3 is 3.06 bits per heavy atom. The second-order valence-electron chi connectivity index (χ2n) is 4.43. The smallest absolute Gasteiger partial charge is 0.237 e. The van der Waals surface area contributed by atoms with Gasteiger partial charge in [-0.25, -0.2) is 4.98 Å². The molecular formula is C13H19N3O2. The molecule has 98 valence electrons. The molecule has 0 aliphatic carbocycles. The number of carbonyl (C=O) groups is 1. The minimum atomic E-state index is -0.0371. The molecule has 1 aliphatic rings. The number of hydrogen-bond acceptors (Lipinski definition) is 4. The van der Waals surface area contributed by atoms with Crippen molar-refractivity contribution in [2.45, 2.75) is 31.8 Å². The molecule has 5 nitrogen and oxygen atoms in total. The van der Waals surface area contributed by atoms with Crippen LogP contribution in [0.3, 0.4) is 0 Å². The summed E-state index contributed by atoms with van der Waals surface area (Å²) in [6.45, 7) is 1.44. The first kappa shape index (κ1) is 12.8. The molecule has 1 aliphatic heterocycles. The zero-order chi connectivity index (χ0) is 12.8. The average molecular weight is 249 g/mol. The van der Waals surface area contributed by atoms with Crippen molar-refractivity contribution >= 4 is 5.91 Å². The molecule has 2 rings (SSSR count). The number of hydrogen-bond donors (Lipinski definition) is 2. The highest BCUT2D eigenvalue weighted by atomic mass is 16.5. The van der Waals surface area contributed by atoms with Gasteiger partial charge in [0.05, 0.1) is 13.2 Å². The van der Waals surface area contributed by atoms with E-state index in [1.165, 1.54) is 0 Å². The lowest BCUT2D eigenvalue weighted by Crippen LogP contribution is -2.46. The molecular weight excluding hydrogens is 230 g/mol. The van der Waals surface area contributed by atoms with Crippen LogP contribution in [0.4, 0.5) is 0 Å². The number of aromatic nitrogens is 1. The Kier molecular flexibility index (Phi) is 4.52. The van der Waals surface area contributed by atoms with Gasteiger partial charge in [0.2, 0.25) is 11.8 Å². The minimum absolute atomic E-state index is 0.0371. The van der Waals surface area contributed by atoms with Gasteiger partial charge in [0.15, 0.2) is 0 Å². The lowest BCUT2D eigenvalue weighted by Gasteiger charge is -2.22. The summed E-state index contributed by atoms with van der Waals surface area (Å²) in [4.78, 5) is 16.0. The highest BCUT2D eigenvalue weighted by Gasteiger charge is 2.19. The first-order valence-corrected chi connectivity index (χ1v) is 6.29. The van der Waals surface area contributed by atoms with Crippen molar-refractivity contribution in [2.75, 3.05) is 13.7 Å². The predicted octanol–water partition coefficient (Wildman–Crippen LogP) is 0.848. The Balaban J connectivity index is 1.80. The van der Waals surface area contributed by atoms with Crippen molar-refractivity contribution in [3.05, 3.63) is 23.9 Å². The van der Waals surface area contributed by atoms with Gasteiger partial charge in [0, 0.05) is 18.8 Å². The van der Waals surface area contributed by atoms with E-state index in [2.05, 4.69) is 15.6 Å². The van der Waals surface area contributed by atoms with E-state index < -0.39 is 0 Å². The van der Waals surface area contributed by atoms with Crippen LogP contribution in [0.25, 0.3) is 0 Å². The first-order valence-electron chi connectivity index (χ1n) is 6.29. The summed E-state index contributed by atoms with van der Waals surface area (Å²) in [5.41, 5.74) is 0.972. The summed E-state index contributed by atoms with van der Waals surface area (Å²) in [6.07, 6.45) is 4.92. The monoisotopic (exact) mass is 249 g/mol. The molecule has 2 N–H and O–H groups in total. The fourth-order valence-corrected chi connectivity index (χ4v) is 2.02. The van der Waals surface area contributed by atoms with Gasteiger partial charge < -0.3 is 15.4 Å². The number of ether oxygens (including phenoxy) is 1. The molecule has 0 radical (unpaired) electrons. The minimum Gasteiger partial charge on any atom is -0.481 e. The van der Waals surface area contributed by atoms with Crippen molar-refractivity contribution in [2.24, 2.45) is 0 Å². The summed E-state index contributed by atoms with van der Waals surface area (Å²) in [7, 11) is 1.58. The zero-order valence-electron chi connectivity index (χ0n) is 10.6. The Morgan fingerprint density at radius 2 is 2.44 bits per heavy atom. The van der Waals surface area contributed by atoms with Gasteiger partial charge in [-0.1, -0.05) is 12.5 Å². The third-order valence-electron chi connectivity index (χ3n) is 3.10. The molecule has 1 aromatic rings. The molecule has 1 atom stereocenters. The molecule has 0 saturated carbocycles. The first-order chi connectivity index (χ1) is 8.79. The maximum atomic E-state index is 11.9. The third kappa shape index (κ3) is 3.43. The highest BCUT2D eigenvalue weighted by Crippen LogP contribution is 2.08. The number of nitrogens with zero attached hydrogens (tertiary/aromatic N) is 1. The van der Waals surface area contributed by atoms with Gasteiger partial charge in [-0.2, -0.15) is 0 Å². The van der Waals surface area contributed by atoms with E-state index in [-0.39, 0.29) is 11.9 Å². The van der Waals surface area contributed by atoms with Crippen molar-refractivity contribution in [3.8, 4) is 5.88 Å².